The third kappa shape index (κ3) is 3.58. The first-order chi connectivity index (χ1) is 10.1. The van der Waals surface area contributed by atoms with Gasteiger partial charge in [-0.05, 0) is 36.6 Å². The third-order valence-electron chi connectivity index (χ3n) is 3.97. The fourth-order valence-electron chi connectivity index (χ4n) is 2.56. The van der Waals surface area contributed by atoms with E-state index in [-0.39, 0.29) is 17.0 Å². The van der Waals surface area contributed by atoms with Crippen molar-refractivity contribution in [3.8, 4) is 0 Å². The Morgan fingerprint density at radius 2 is 2.05 bits per heavy atom. The largest absolute Gasteiger partial charge is 0.419 e. The molecule has 1 amide bonds. The first kappa shape index (κ1) is 16.7. The predicted molar refractivity (Wildman–Crippen MR) is 73.9 cm³/mol. The normalized spacial score (nSPS) is 21.5. The lowest BCUT2D eigenvalue weighted by molar-refractivity contribution is -0.140. The summed E-state index contributed by atoms with van der Waals surface area (Å²) in [6.07, 6.45) is -4.14. The molecule has 0 aromatic heterocycles. The van der Waals surface area contributed by atoms with Crippen molar-refractivity contribution in [3.63, 3.8) is 0 Å². The molecule has 122 valence electrons. The minimum atomic E-state index is -4.82. The van der Waals surface area contributed by atoms with Gasteiger partial charge in [-0.2, -0.15) is 13.2 Å². The van der Waals surface area contributed by atoms with E-state index in [2.05, 4.69) is 10.6 Å². The lowest BCUT2D eigenvalue weighted by atomic mass is 9.80. The highest BCUT2D eigenvalue weighted by Gasteiger charge is 2.36. The van der Waals surface area contributed by atoms with Crippen molar-refractivity contribution in [1.82, 2.24) is 10.6 Å². The first-order valence-corrected chi connectivity index (χ1v) is 6.99. The zero-order valence-corrected chi connectivity index (χ0v) is 12.4. The zero-order valence-electron chi connectivity index (χ0n) is 12.4. The maximum absolute atomic E-state index is 13.3. The van der Waals surface area contributed by atoms with Gasteiger partial charge in [0.05, 0.1) is 5.56 Å². The Balaban J connectivity index is 2.20. The summed E-state index contributed by atoms with van der Waals surface area (Å²) >= 11 is 0. The summed E-state index contributed by atoms with van der Waals surface area (Å²) in [5.74, 6) is -2.00. The van der Waals surface area contributed by atoms with Crippen LogP contribution in [0.15, 0.2) is 18.2 Å². The van der Waals surface area contributed by atoms with Gasteiger partial charge in [0, 0.05) is 18.2 Å². The average molecular weight is 318 g/mol. The molecular formula is C15H18F4N2O. The van der Waals surface area contributed by atoms with Crippen LogP contribution in [0.1, 0.15) is 36.2 Å². The molecule has 0 radical (unpaired) electrons. The van der Waals surface area contributed by atoms with E-state index in [1.165, 1.54) is 0 Å². The van der Waals surface area contributed by atoms with Crippen LogP contribution in [0.2, 0.25) is 0 Å². The molecular weight excluding hydrogens is 300 g/mol. The molecule has 1 aliphatic heterocycles. The third-order valence-corrected chi connectivity index (χ3v) is 3.97. The molecule has 1 heterocycles. The number of carbonyl (C=O) groups excluding carboxylic acids is 1. The Kier molecular flexibility index (Phi) is 4.47. The number of rotatable bonds is 2. The minimum Gasteiger partial charge on any atom is -0.349 e. The summed E-state index contributed by atoms with van der Waals surface area (Å²) in [5, 5.41) is 5.96. The summed E-state index contributed by atoms with van der Waals surface area (Å²) < 4.78 is 51.3. The molecule has 3 nitrogen and oxygen atoms in total. The van der Waals surface area contributed by atoms with Crippen LogP contribution in [0.4, 0.5) is 17.6 Å². The number of alkyl halides is 3. The molecule has 1 aromatic rings. The van der Waals surface area contributed by atoms with Crippen LogP contribution in [0.25, 0.3) is 0 Å². The van der Waals surface area contributed by atoms with E-state index in [0.29, 0.717) is 25.1 Å². The highest BCUT2D eigenvalue weighted by molar-refractivity contribution is 5.94. The number of amides is 1. The second-order valence-corrected chi connectivity index (χ2v) is 6.17. The monoisotopic (exact) mass is 318 g/mol. The molecule has 0 bridgehead atoms. The molecule has 22 heavy (non-hydrogen) atoms. The molecule has 1 aliphatic rings. The van der Waals surface area contributed by atoms with Crippen LogP contribution in [0.3, 0.4) is 0 Å². The predicted octanol–water partition coefficient (Wildman–Crippen LogP) is 2.96. The Morgan fingerprint density at radius 3 is 2.64 bits per heavy atom. The number of piperidine rings is 1. The van der Waals surface area contributed by atoms with Gasteiger partial charge in [0.25, 0.3) is 5.91 Å². The second-order valence-electron chi connectivity index (χ2n) is 6.17. The highest BCUT2D eigenvalue weighted by Crippen LogP contribution is 2.32. The van der Waals surface area contributed by atoms with Gasteiger partial charge in [-0.15, -0.1) is 0 Å². The van der Waals surface area contributed by atoms with Crippen molar-refractivity contribution in [2.75, 3.05) is 13.1 Å². The van der Waals surface area contributed by atoms with E-state index >= 15 is 0 Å². The quantitative estimate of drug-likeness (QED) is 0.823. The summed E-state index contributed by atoms with van der Waals surface area (Å²) in [6, 6.07) is 2.14. The van der Waals surface area contributed by atoms with E-state index in [0.717, 1.165) is 12.6 Å². The van der Waals surface area contributed by atoms with Crippen molar-refractivity contribution in [2.24, 2.45) is 5.41 Å². The van der Waals surface area contributed by atoms with Gasteiger partial charge in [0.15, 0.2) is 0 Å². The molecule has 0 spiro atoms. The molecule has 2 rings (SSSR count). The fraction of sp³-hybridized carbons (Fsp3) is 0.533. The van der Waals surface area contributed by atoms with E-state index in [4.69, 9.17) is 0 Å². The van der Waals surface area contributed by atoms with E-state index < -0.39 is 23.5 Å². The van der Waals surface area contributed by atoms with Crippen LogP contribution in [-0.2, 0) is 6.18 Å². The molecule has 0 aliphatic carbocycles. The molecule has 2 N–H and O–H groups in total. The number of halogens is 4. The number of hydrogen-bond donors (Lipinski definition) is 2. The summed E-state index contributed by atoms with van der Waals surface area (Å²) in [5.41, 5.74) is -1.83. The van der Waals surface area contributed by atoms with Crippen molar-refractivity contribution < 1.29 is 22.4 Å². The smallest absolute Gasteiger partial charge is 0.349 e. The molecule has 1 unspecified atom stereocenters. The molecule has 0 saturated carbocycles. The number of benzene rings is 1. The topological polar surface area (TPSA) is 41.1 Å². The molecule has 1 saturated heterocycles. The fourth-order valence-corrected chi connectivity index (χ4v) is 2.56. The summed E-state index contributed by atoms with van der Waals surface area (Å²) in [6.45, 7) is 5.37. The maximum Gasteiger partial charge on any atom is 0.419 e. The van der Waals surface area contributed by atoms with Crippen molar-refractivity contribution >= 4 is 5.91 Å². The van der Waals surface area contributed by atoms with E-state index in [1.807, 2.05) is 13.8 Å². The van der Waals surface area contributed by atoms with Gasteiger partial charge >= 0.3 is 6.18 Å². The Bertz CT molecular complexity index is 569. The SMILES string of the molecule is CC1(C)CNCCC1NC(=O)c1ccc(F)c(C(F)(F)F)c1. The molecule has 1 aromatic carbocycles. The maximum atomic E-state index is 13.3. The highest BCUT2D eigenvalue weighted by atomic mass is 19.4. The molecule has 1 fully saturated rings. The number of nitrogens with one attached hydrogen (secondary N) is 2. The van der Waals surface area contributed by atoms with Gasteiger partial charge in [0.1, 0.15) is 5.82 Å². The van der Waals surface area contributed by atoms with Gasteiger partial charge in [-0.1, -0.05) is 13.8 Å². The van der Waals surface area contributed by atoms with E-state index in [9.17, 15) is 22.4 Å². The van der Waals surface area contributed by atoms with Crippen LogP contribution >= 0.6 is 0 Å². The van der Waals surface area contributed by atoms with E-state index in [1.54, 1.807) is 0 Å². The Hall–Kier alpha value is -1.63. The van der Waals surface area contributed by atoms with Crippen LogP contribution in [-0.4, -0.2) is 25.0 Å². The van der Waals surface area contributed by atoms with Gasteiger partial charge < -0.3 is 10.6 Å². The average Bonchev–Trinajstić information content (AvgIpc) is 2.40. The second kappa shape index (κ2) is 5.87. The number of carbonyl (C=O) groups is 1. The lowest BCUT2D eigenvalue weighted by Gasteiger charge is -2.39. The van der Waals surface area contributed by atoms with Crippen molar-refractivity contribution in [2.45, 2.75) is 32.5 Å². The van der Waals surface area contributed by atoms with Gasteiger partial charge in [0.2, 0.25) is 0 Å². The Labute approximate surface area is 126 Å². The summed E-state index contributed by atoms with van der Waals surface area (Å²) in [4.78, 5) is 12.2. The molecule has 7 heteroatoms. The van der Waals surface area contributed by atoms with Crippen LogP contribution in [0, 0.1) is 11.2 Å². The first-order valence-electron chi connectivity index (χ1n) is 6.99. The Morgan fingerprint density at radius 1 is 1.36 bits per heavy atom. The van der Waals surface area contributed by atoms with Gasteiger partial charge in [-0.3, -0.25) is 4.79 Å². The lowest BCUT2D eigenvalue weighted by Crippen LogP contribution is -2.54. The zero-order chi connectivity index (χ0) is 16.5. The molecule has 1 atom stereocenters. The standard InChI is InChI=1S/C15H18F4N2O/c1-14(2)8-20-6-5-12(14)21-13(22)9-3-4-11(16)10(7-9)15(17,18)19/h3-4,7,12,20H,5-6,8H2,1-2H3,(H,21,22). The van der Waals surface area contributed by atoms with Crippen molar-refractivity contribution in [1.29, 1.82) is 0 Å². The van der Waals surface area contributed by atoms with Crippen molar-refractivity contribution in [3.05, 3.63) is 35.1 Å². The van der Waals surface area contributed by atoms with Crippen LogP contribution < -0.4 is 10.6 Å². The number of hydrogen-bond acceptors (Lipinski definition) is 2. The van der Waals surface area contributed by atoms with Gasteiger partial charge in [-0.25, -0.2) is 4.39 Å². The van der Waals surface area contributed by atoms with Crippen LogP contribution in [0.5, 0.6) is 0 Å². The minimum absolute atomic E-state index is 0.152. The summed E-state index contributed by atoms with van der Waals surface area (Å²) in [7, 11) is 0.